The molecule has 7 heteroatoms. The van der Waals surface area contributed by atoms with Gasteiger partial charge in [0.1, 0.15) is 10.7 Å². The summed E-state index contributed by atoms with van der Waals surface area (Å²) in [5, 5.41) is 3.83. The van der Waals surface area contributed by atoms with E-state index in [1.165, 1.54) is 10.4 Å². The fourth-order valence-electron chi connectivity index (χ4n) is 4.18. The summed E-state index contributed by atoms with van der Waals surface area (Å²) in [7, 11) is 0. The minimum atomic E-state index is -0.0577. The lowest BCUT2D eigenvalue weighted by Crippen LogP contribution is -2.39. The van der Waals surface area contributed by atoms with Crippen molar-refractivity contribution in [1.29, 1.82) is 0 Å². The summed E-state index contributed by atoms with van der Waals surface area (Å²) in [5.74, 6) is 1.65. The monoisotopic (exact) mass is 389 g/mol. The molecule has 2 aromatic rings. The van der Waals surface area contributed by atoms with Crippen LogP contribution in [0.4, 0.5) is 0 Å². The quantitative estimate of drug-likeness (QED) is 0.823. The van der Waals surface area contributed by atoms with Gasteiger partial charge in [0.05, 0.1) is 24.6 Å². The number of carbonyl (C=O) groups excluding carboxylic acids is 1. The maximum Gasteiger partial charge on any atom is 0.259 e. The average Bonchev–Trinajstić information content (AvgIpc) is 3.23. The van der Waals surface area contributed by atoms with Gasteiger partial charge in [0.15, 0.2) is 0 Å². The number of hydrogen-bond donors (Lipinski definition) is 2. The minimum Gasteiger partial charge on any atom is -0.379 e. The Labute approximate surface area is 162 Å². The number of aromatic nitrogens is 2. The van der Waals surface area contributed by atoms with E-state index >= 15 is 0 Å². The van der Waals surface area contributed by atoms with Gasteiger partial charge in [-0.3, -0.25) is 9.59 Å². The van der Waals surface area contributed by atoms with Gasteiger partial charge in [-0.05, 0) is 37.2 Å². The van der Waals surface area contributed by atoms with E-state index in [4.69, 9.17) is 4.74 Å². The summed E-state index contributed by atoms with van der Waals surface area (Å²) >= 11 is 1.65. The number of nitrogens with zero attached hydrogens (tertiary/aromatic N) is 1. The first-order chi connectivity index (χ1) is 13.0. The van der Waals surface area contributed by atoms with Crippen LogP contribution >= 0.6 is 11.3 Å². The number of aromatic amines is 1. The number of fused-ring (bicyclic) bond motifs is 3. The molecule has 4 rings (SSSR count). The number of amides is 1. The van der Waals surface area contributed by atoms with Crippen LogP contribution in [0.15, 0.2) is 4.79 Å². The molecule has 27 heavy (non-hydrogen) atoms. The molecule has 1 fully saturated rings. The molecule has 3 unspecified atom stereocenters. The van der Waals surface area contributed by atoms with Gasteiger partial charge in [-0.1, -0.05) is 13.8 Å². The molecular weight excluding hydrogens is 362 g/mol. The molecule has 1 aliphatic heterocycles. The minimum absolute atomic E-state index is 0.00834. The zero-order chi connectivity index (χ0) is 19.0. The van der Waals surface area contributed by atoms with Crippen LogP contribution in [0.25, 0.3) is 10.2 Å². The van der Waals surface area contributed by atoms with E-state index in [1.807, 2.05) is 0 Å². The molecule has 2 aliphatic rings. The SMILES string of the molecule is CCC1COCC1NC(=O)CCc1nc2sc3c(c2c(=O)[nH]1)CCC(C)C3. The Kier molecular flexibility index (Phi) is 5.32. The standard InChI is InChI=1S/C20H27N3O3S/c1-3-12-9-26-10-14(12)21-17(24)7-6-16-22-19(25)18-13-5-4-11(2)8-15(13)27-20(18)23-16/h11-12,14H,3-10H2,1-2H3,(H,21,24)(H,22,23,25). The Morgan fingerprint density at radius 2 is 2.26 bits per heavy atom. The molecule has 1 amide bonds. The summed E-state index contributed by atoms with van der Waals surface area (Å²) in [6, 6.07) is 0.1000. The molecule has 0 saturated carbocycles. The van der Waals surface area contributed by atoms with Gasteiger partial charge in [0.2, 0.25) is 5.91 Å². The van der Waals surface area contributed by atoms with E-state index in [1.54, 1.807) is 11.3 Å². The number of aryl methyl sites for hydroxylation is 2. The molecule has 0 spiro atoms. The number of H-pyrrole nitrogens is 1. The van der Waals surface area contributed by atoms with Crippen molar-refractivity contribution >= 4 is 27.5 Å². The van der Waals surface area contributed by atoms with Gasteiger partial charge in [0.25, 0.3) is 5.56 Å². The van der Waals surface area contributed by atoms with Crippen LogP contribution in [-0.4, -0.2) is 35.1 Å². The molecule has 6 nitrogen and oxygen atoms in total. The summed E-state index contributed by atoms with van der Waals surface area (Å²) in [6.07, 6.45) is 4.90. The van der Waals surface area contributed by atoms with Crippen LogP contribution < -0.4 is 10.9 Å². The van der Waals surface area contributed by atoms with E-state index < -0.39 is 0 Å². The summed E-state index contributed by atoms with van der Waals surface area (Å²) in [5.41, 5.74) is 1.13. The normalized spacial score (nSPS) is 24.9. The highest BCUT2D eigenvalue weighted by molar-refractivity contribution is 7.18. The van der Waals surface area contributed by atoms with Crippen molar-refractivity contribution in [1.82, 2.24) is 15.3 Å². The zero-order valence-electron chi connectivity index (χ0n) is 16.0. The fraction of sp³-hybridized carbons (Fsp3) is 0.650. The Morgan fingerprint density at radius 3 is 3.07 bits per heavy atom. The predicted octanol–water partition coefficient (Wildman–Crippen LogP) is 2.58. The van der Waals surface area contributed by atoms with Gasteiger partial charge in [-0.2, -0.15) is 0 Å². The average molecular weight is 390 g/mol. The maximum atomic E-state index is 12.6. The summed E-state index contributed by atoms with van der Waals surface area (Å²) in [4.78, 5) is 34.6. The third kappa shape index (κ3) is 3.80. The topological polar surface area (TPSA) is 84.1 Å². The van der Waals surface area contributed by atoms with Crippen molar-refractivity contribution in [3.8, 4) is 0 Å². The first-order valence-corrected chi connectivity index (χ1v) is 10.8. The number of ether oxygens (including phenoxy) is 1. The smallest absolute Gasteiger partial charge is 0.259 e. The lowest BCUT2D eigenvalue weighted by atomic mass is 9.89. The Hall–Kier alpha value is -1.73. The molecule has 2 aromatic heterocycles. The van der Waals surface area contributed by atoms with Crippen molar-refractivity contribution in [2.45, 2.75) is 58.4 Å². The second-order valence-corrected chi connectivity index (χ2v) is 9.01. The first kappa shape index (κ1) is 18.6. The molecule has 3 heterocycles. The third-order valence-electron chi connectivity index (χ3n) is 5.87. The Bertz CT molecular complexity index is 904. The predicted molar refractivity (Wildman–Crippen MR) is 106 cm³/mol. The molecule has 0 radical (unpaired) electrons. The largest absolute Gasteiger partial charge is 0.379 e. The van der Waals surface area contributed by atoms with Crippen molar-refractivity contribution in [2.75, 3.05) is 13.2 Å². The van der Waals surface area contributed by atoms with Crippen LogP contribution in [0.2, 0.25) is 0 Å². The van der Waals surface area contributed by atoms with Crippen LogP contribution in [0, 0.1) is 11.8 Å². The summed E-state index contributed by atoms with van der Waals surface area (Å²) in [6.45, 7) is 5.68. The molecule has 1 saturated heterocycles. The Balaban J connectivity index is 1.45. The van der Waals surface area contributed by atoms with E-state index in [0.717, 1.165) is 35.9 Å². The fourth-order valence-corrected chi connectivity index (χ4v) is 5.59. The molecule has 146 valence electrons. The van der Waals surface area contributed by atoms with Gasteiger partial charge >= 0.3 is 0 Å². The highest BCUT2D eigenvalue weighted by Crippen LogP contribution is 2.35. The number of thiophene rings is 1. The van der Waals surface area contributed by atoms with Crippen LogP contribution in [0.1, 0.15) is 49.4 Å². The third-order valence-corrected chi connectivity index (χ3v) is 7.02. The molecule has 1 aliphatic carbocycles. The highest BCUT2D eigenvalue weighted by Gasteiger charge is 2.28. The van der Waals surface area contributed by atoms with Crippen molar-refractivity contribution in [3.63, 3.8) is 0 Å². The van der Waals surface area contributed by atoms with Gasteiger partial charge in [0, 0.05) is 23.6 Å². The van der Waals surface area contributed by atoms with E-state index in [9.17, 15) is 9.59 Å². The van der Waals surface area contributed by atoms with Crippen LogP contribution in [-0.2, 0) is 28.8 Å². The number of carbonyl (C=O) groups is 1. The van der Waals surface area contributed by atoms with Gasteiger partial charge < -0.3 is 15.0 Å². The van der Waals surface area contributed by atoms with E-state index in [2.05, 4.69) is 29.1 Å². The lowest BCUT2D eigenvalue weighted by Gasteiger charge is -2.17. The van der Waals surface area contributed by atoms with E-state index in [-0.39, 0.29) is 17.5 Å². The number of rotatable bonds is 5. The Morgan fingerprint density at radius 1 is 1.41 bits per heavy atom. The van der Waals surface area contributed by atoms with Crippen molar-refractivity contribution in [2.24, 2.45) is 11.8 Å². The lowest BCUT2D eigenvalue weighted by molar-refractivity contribution is -0.122. The second-order valence-electron chi connectivity index (χ2n) is 7.92. The number of nitrogens with one attached hydrogen (secondary N) is 2. The van der Waals surface area contributed by atoms with Crippen LogP contribution in [0.5, 0.6) is 0 Å². The summed E-state index contributed by atoms with van der Waals surface area (Å²) < 4.78 is 5.46. The van der Waals surface area contributed by atoms with E-state index in [0.29, 0.717) is 43.7 Å². The molecule has 0 bridgehead atoms. The van der Waals surface area contributed by atoms with Crippen molar-refractivity contribution < 1.29 is 9.53 Å². The zero-order valence-corrected chi connectivity index (χ0v) is 16.8. The van der Waals surface area contributed by atoms with Gasteiger partial charge in [-0.25, -0.2) is 4.98 Å². The van der Waals surface area contributed by atoms with Crippen molar-refractivity contribution in [3.05, 3.63) is 26.6 Å². The molecule has 0 aromatic carbocycles. The second kappa shape index (κ2) is 7.72. The molecular formula is C20H27N3O3S. The molecule has 2 N–H and O–H groups in total. The number of hydrogen-bond acceptors (Lipinski definition) is 5. The van der Waals surface area contributed by atoms with Crippen LogP contribution in [0.3, 0.4) is 0 Å². The maximum absolute atomic E-state index is 12.6. The first-order valence-electron chi connectivity index (χ1n) is 9.95. The van der Waals surface area contributed by atoms with Gasteiger partial charge in [-0.15, -0.1) is 11.3 Å². The molecule has 3 atom stereocenters. The highest BCUT2D eigenvalue weighted by atomic mass is 32.1.